The number of ether oxygens (including phenoxy) is 1. The summed E-state index contributed by atoms with van der Waals surface area (Å²) in [6.45, 7) is 4.44. The van der Waals surface area contributed by atoms with E-state index >= 15 is 0 Å². The molecule has 0 bridgehead atoms. The minimum absolute atomic E-state index is 0.0575. The van der Waals surface area contributed by atoms with E-state index in [0.29, 0.717) is 6.04 Å². The van der Waals surface area contributed by atoms with Gasteiger partial charge in [0.05, 0.1) is 0 Å². The summed E-state index contributed by atoms with van der Waals surface area (Å²) in [5.74, 6) is 0.0575. The highest BCUT2D eigenvalue weighted by Gasteiger charge is 2.30. The lowest BCUT2D eigenvalue weighted by atomic mass is 9.99. The summed E-state index contributed by atoms with van der Waals surface area (Å²) in [4.78, 5) is 16.7. The molecule has 0 radical (unpaired) electrons. The minimum atomic E-state index is -0.466. The maximum atomic E-state index is 12.2. The van der Waals surface area contributed by atoms with E-state index in [2.05, 4.69) is 4.90 Å². The molecule has 2 saturated heterocycles. The first-order chi connectivity index (χ1) is 9.26. The molecule has 2 N–H and O–H groups in total. The molecule has 110 valence electrons. The van der Waals surface area contributed by atoms with Gasteiger partial charge in [-0.25, -0.2) is 0 Å². The summed E-state index contributed by atoms with van der Waals surface area (Å²) in [5.41, 5.74) is 5.55. The van der Waals surface area contributed by atoms with Gasteiger partial charge in [0.25, 0.3) is 5.91 Å². The zero-order valence-corrected chi connectivity index (χ0v) is 12.0. The Hall–Kier alpha value is -0.650. The van der Waals surface area contributed by atoms with Crippen LogP contribution in [-0.2, 0) is 9.53 Å². The van der Waals surface area contributed by atoms with Crippen LogP contribution in [0.1, 0.15) is 32.1 Å². The fourth-order valence-electron chi connectivity index (χ4n) is 3.24. The summed E-state index contributed by atoms with van der Waals surface area (Å²) in [6.07, 6.45) is 5.75. The molecular weight excluding hydrogens is 242 g/mol. The number of hydrogen-bond donors (Lipinski definition) is 1. The van der Waals surface area contributed by atoms with Gasteiger partial charge in [-0.05, 0) is 38.8 Å². The Morgan fingerprint density at radius 3 is 2.37 bits per heavy atom. The van der Waals surface area contributed by atoms with Crippen LogP contribution in [0.15, 0.2) is 0 Å². The van der Waals surface area contributed by atoms with E-state index in [9.17, 15) is 4.79 Å². The van der Waals surface area contributed by atoms with E-state index in [1.54, 1.807) is 7.11 Å². The van der Waals surface area contributed by atoms with Crippen LogP contribution >= 0.6 is 0 Å². The van der Waals surface area contributed by atoms with Crippen LogP contribution in [0.3, 0.4) is 0 Å². The second-order valence-corrected chi connectivity index (χ2v) is 5.61. The van der Waals surface area contributed by atoms with Gasteiger partial charge in [0.1, 0.15) is 6.10 Å². The lowest BCUT2D eigenvalue weighted by molar-refractivity contribution is -0.143. The first kappa shape index (κ1) is 14.8. The Bertz CT molecular complexity index is 280. The van der Waals surface area contributed by atoms with Crippen LogP contribution in [0.25, 0.3) is 0 Å². The molecule has 1 amide bonds. The van der Waals surface area contributed by atoms with Crippen molar-refractivity contribution < 1.29 is 9.53 Å². The molecule has 2 heterocycles. The molecule has 1 atom stereocenters. The van der Waals surface area contributed by atoms with Crippen LogP contribution in [0, 0.1) is 0 Å². The van der Waals surface area contributed by atoms with Gasteiger partial charge in [-0.15, -0.1) is 0 Å². The highest BCUT2D eigenvalue weighted by atomic mass is 16.5. The summed E-state index contributed by atoms with van der Waals surface area (Å²) in [6, 6.07) is 0.670. The molecule has 2 fully saturated rings. The van der Waals surface area contributed by atoms with Crippen molar-refractivity contribution in [3.05, 3.63) is 0 Å². The molecule has 2 aliphatic rings. The zero-order chi connectivity index (χ0) is 13.7. The van der Waals surface area contributed by atoms with Gasteiger partial charge in [0.2, 0.25) is 0 Å². The Morgan fingerprint density at radius 1 is 1.21 bits per heavy atom. The third-order valence-electron chi connectivity index (χ3n) is 4.46. The summed E-state index contributed by atoms with van der Waals surface area (Å²) in [5, 5.41) is 0. The predicted octanol–water partition coefficient (Wildman–Crippen LogP) is 0.437. The predicted molar refractivity (Wildman–Crippen MR) is 74.9 cm³/mol. The highest BCUT2D eigenvalue weighted by Crippen LogP contribution is 2.21. The minimum Gasteiger partial charge on any atom is -0.370 e. The smallest absolute Gasteiger partial charge is 0.253 e. The maximum Gasteiger partial charge on any atom is 0.253 e. The van der Waals surface area contributed by atoms with Crippen molar-refractivity contribution >= 4 is 5.91 Å². The number of amides is 1. The Kier molecular flexibility index (Phi) is 5.60. The lowest BCUT2D eigenvalue weighted by Gasteiger charge is -2.40. The molecule has 0 aromatic heterocycles. The molecule has 5 nitrogen and oxygen atoms in total. The van der Waals surface area contributed by atoms with Gasteiger partial charge < -0.3 is 20.3 Å². The van der Waals surface area contributed by atoms with Crippen molar-refractivity contribution in [3.63, 3.8) is 0 Å². The fraction of sp³-hybridized carbons (Fsp3) is 0.929. The molecule has 0 aliphatic carbocycles. The first-order valence-electron chi connectivity index (χ1n) is 7.52. The average molecular weight is 269 g/mol. The van der Waals surface area contributed by atoms with Gasteiger partial charge in [0, 0.05) is 32.8 Å². The third-order valence-corrected chi connectivity index (χ3v) is 4.46. The zero-order valence-electron chi connectivity index (χ0n) is 12.0. The molecule has 5 heteroatoms. The number of hydrogen-bond acceptors (Lipinski definition) is 4. The topological polar surface area (TPSA) is 58.8 Å². The standard InChI is InChI=1S/C14H27N3O2/c1-19-13(11-15)14(18)17-9-5-12(6-10-17)16-7-3-2-4-8-16/h12-13H,2-11,15H2,1H3. The van der Waals surface area contributed by atoms with Crippen molar-refractivity contribution in [2.24, 2.45) is 5.73 Å². The molecule has 0 aromatic carbocycles. The second kappa shape index (κ2) is 7.22. The number of carbonyl (C=O) groups excluding carboxylic acids is 1. The Morgan fingerprint density at radius 2 is 1.84 bits per heavy atom. The Balaban J connectivity index is 1.79. The van der Waals surface area contributed by atoms with Gasteiger partial charge in [-0.2, -0.15) is 0 Å². The van der Waals surface area contributed by atoms with Crippen LogP contribution in [0.5, 0.6) is 0 Å². The van der Waals surface area contributed by atoms with Crippen LogP contribution in [-0.4, -0.2) is 67.7 Å². The van der Waals surface area contributed by atoms with Crippen LogP contribution < -0.4 is 5.73 Å². The SMILES string of the molecule is COC(CN)C(=O)N1CCC(N2CCCCC2)CC1. The quantitative estimate of drug-likeness (QED) is 0.804. The number of methoxy groups -OCH3 is 1. The average Bonchev–Trinajstić information content (AvgIpc) is 2.49. The van der Waals surface area contributed by atoms with Crippen molar-refractivity contribution in [1.82, 2.24) is 9.80 Å². The van der Waals surface area contributed by atoms with Crippen molar-refractivity contribution in [3.8, 4) is 0 Å². The summed E-state index contributed by atoms with van der Waals surface area (Å²) in [7, 11) is 1.55. The van der Waals surface area contributed by atoms with Crippen molar-refractivity contribution in [2.45, 2.75) is 44.2 Å². The van der Waals surface area contributed by atoms with Gasteiger partial charge >= 0.3 is 0 Å². The number of piperidine rings is 2. The first-order valence-corrected chi connectivity index (χ1v) is 7.52. The molecule has 2 aliphatic heterocycles. The molecule has 0 saturated carbocycles. The summed E-state index contributed by atoms with van der Waals surface area (Å²) >= 11 is 0. The molecule has 2 rings (SSSR count). The highest BCUT2D eigenvalue weighted by molar-refractivity contribution is 5.81. The number of nitrogens with zero attached hydrogens (tertiary/aromatic N) is 2. The molecule has 0 spiro atoms. The number of rotatable bonds is 4. The van der Waals surface area contributed by atoms with E-state index in [0.717, 1.165) is 25.9 Å². The van der Waals surface area contributed by atoms with E-state index in [1.807, 2.05) is 4.90 Å². The fourth-order valence-corrected chi connectivity index (χ4v) is 3.24. The van der Waals surface area contributed by atoms with Gasteiger partial charge in [0.15, 0.2) is 0 Å². The Labute approximate surface area is 116 Å². The number of nitrogens with two attached hydrogens (primary N) is 1. The van der Waals surface area contributed by atoms with Gasteiger partial charge in [-0.3, -0.25) is 4.79 Å². The van der Waals surface area contributed by atoms with Crippen molar-refractivity contribution in [1.29, 1.82) is 0 Å². The normalized spacial score (nSPS) is 24.4. The molecule has 0 aromatic rings. The number of carbonyl (C=O) groups is 1. The monoisotopic (exact) mass is 269 g/mol. The largest absolute Gasteiger partial charge is 0.370 e. The lowest BCUT2D eigenvalue weighted by Crippen LogP contribution is -2.51. The van der Waals surface area contributed by atoms with Gasteiger partial charge in [-0.1, -0.05) is 6.42 Å². The van der Waals surface area contributed by atoms with E-state index < -0.39 is 6.10 Å². The third kappa shape index (κ3) is 3.68. The van der Waals surface area contributed by atoms with Crippen molar-refractivity contribution in [2.75, 3.05) is 39.8 Å². The van der Waals surface area contributed by atoms with Crippen LogP contribution in [0.2, 0.25) is 0 Å². The van der Waals surface area contributed by atoms with E-state index in [4.69, 9.17) is 10.5 Å². The van der Waals surface area contributed by atoms with E-state index in [1.165, 1.54) is 32.4 Å². The molecule has 19 heavy (non-hydrogen) atoms. The summed E-state index contributed by atoms with van der Waals surface area (Å²) < 4.78 is 5.13. The molecular formula is C14H27N3O2. The molecule has 1 unspecified atom stereocenters. The maximum absolute atomic E-state index is 12.2. The van der Waals surface area contributed by atoms with E-state index in [-0.39, 0.29) is 12.5 Å². The second-order valence-electron chi connectivity index (χ2n) is 5.61. The number of likely N-dealkylation sites (tertiary alicyclic amines) is 2. The van der Waals surface area contributed by atoms with Crippen LogP contribution in [0.4, 0.5) is 0 Å².